The fourth-order valence-electron chi connectivity index (χ4n) is 7.15. The van der Waals surface area contributed by atoms with E-state index in [2.05, 4.69) is 13.8 Å². The van der Waals surface area contributed by atoms with Crippen LogP contribution in [0.1, 0.15) is 61.8 Å². The van der Waals surface area contributed by atoms with Crippen LogP contribution < -0.4 is 0 Å². The molecule has 2 saturated carbocycles. The number of Topliss-reactive ketones (excluding diaryl/α,β-unsaturated/α-hetero) is 1. The van der Waals surface area contributed by atoms with E-state index in [9.17, 15) is 24.6 Å². The molecule has 0 saturated heterocycles. The Balaban J connectivity index is 1.87. The fourth-order valence-corrected chi connectivity index (χ4v) is 7.15. The zero-order chi connectivity index (χ0) is 26.2. The number of allylic oxidation sites excluding steroid dienone is 1. The lowest BCUT2D eigenvalue weighted by atomic mass is 9.59. The maximum absolute atomic E-state index is 14.4. The number of hydrogen-bond donors (Lipinski definition) is 2. The highest BCUT2D eigenvalue weighted by Crippen LogP contribution is 2.71. The maximum Gasteiger partial charge on any atom is 0.309 e. The molecule has 0 aliphatic heterocycles. The van der Waals surface area contributed by atoms with Crippen molar-refractivity contribution >= 4 is 17.7 Å². The van der Waals surface area contributed by atoms with Gasteiger partial charge in [0.2, 0.25) is 0 Å². The van der Waals surface area contributed by atoms with Gasteiger partial charge in [-0.1, -0.05) is 60.6 Å². The Kier molecular flexibility index (Phi) is 6.16. The summed E-state index contributed by atoms with van der Waals surface area (Å²) in [5.74, 6) is -2.40. The van der Waals surface area contributed by atoms with Crippen molar-refractivity contribution in [2.24, 2.45) is 46.3 Å². The standard InChI is InChI=1S/C28H40O7/c1-13(2)24(31)34-12-17-10-18-20-19(26(20,7)8)9-16(6)27(22(18)30)11-15(5)23(28(27,33)21(17)29)35-25(32)14(3)4/h10-11,13-14,16,18-21,23,29,33H,9,12H2,1-8H3/t16-,18+,19-,20+,21-,23+,27+,28+/m1/s1. The number of fused-ring (bicyclic) bond motifs is 3. The second kappa shape index (κ2) is 8.27. The molecule has 8 atom stereocenters. The Morgan fingerprint density at radius 2 is 1.74 bits per heavy atom. The second-order valence-corrected chi connectivity index (χ2v) is 12.4. The van der Waals surface area contributed by atoms with Gasteiger partial charge in [0, 0.05) is 5.92 Å². The van der Waals surface area contributed by atoms with Crippen molar-refractivity contribution in [3.8, 4) is 0 Å². The molecule has 194 valence electrons. The average Bonchev–Trinajstić information content (AvgIpc) is 3.26. The molecule has 4 aliphatic rings. The molecule has 0 aromatic rings. The normalized spacial score (nSPS) is 41.3. The Hall–Kier alpha value is -1.99. The molecule has 4 aliphatic carbocycles. The Morgan fingerprint density at radius 3 is 2.31 bits per heavy atom. The maximum atomic E-state index is 14.4. The van der Waals surface area contributed by atoms with Gasteiger partial charge in [-0.15, -0.1) is 0 Å². The summed E-state index contributed by atoms with van der Waals surface area (Å²) in [6.07, 6.45) is 1.45. The van der Waals surface area contributed by atoms with Crippen LogP contribution in [-0.4, -0.2) is 52.4 Å². The van der Waals surface area contributed by atoms with Gasteiger partial charge in [0.1, 0.15) is 12.7 Å². The van der Waals surface area contributed by atoms with Crippen LogP contribution in [0.3, 0.4) is 0 Å². The molecule has 0 radical (unpaired) electrons. The predicted molar refractivity (Wildman–Crippen MR) is 129 cm³/mol. The van der Waals surface area contributed by atoms with E-state index in [1.165, 1.54) is 0 Å². The van der Waals surface area contributed by atoms with Crippen LogP contribution in [0.5, 0.6) is 0 Å². The molecule has 7 heteroatoms. The molecule has 0 unspecified atom stereocenters. The Labute approximate surface area is 207 Å². The number of carbonyl (C=O) groups is 3. The molecule has 2 fully saturated rings. The molecule has 4 rings (SSSR count). The number of carbonyl (C=O) groups excluding carboxylic acids is 3. The van der Waals surface area contributed by atoms with Gasteiger partial charge in [0.05, 0.1) is 17.3 Å². The van der Waals surface area contributed by atoms with Crippen LogP contribution >= 0.6 is 0 Å². The topological polar surface area (TPSA) is 110 Å². The van der Waals surface area contributed by atoms with Gasteiger partial charge in [-0.3, -0.25) is 14.4 Å². The SMILES string of the molecule is CC1=C[C@]23C(=O)[C@@H](C=C(COC(=O)C(C)C)[C@@H](O)[C@]2(O)[C@H]1OC(=O)C(C)C)[C@H]1[C@@H](C[C@H]3C)C1(C)C. The van der Waals surface area contributed by atoms with E-state index in [4.69, 9.17) is 9.47 Å². The van der Waals surface area contributed by atoms with Crippen molar-refractivity contribution in [3.05, 3.63) is 23.3 Å². The minimum atomic E-state index is -2.11. The van der Waals surface area contributed by atoms with Gasteiger partial charge >= 0.3 is 11.9 Å². The number of esters is 2. The van der Waals surface area contributed by atoms with Crippen LogP contribution in [0.2, 0.25) is 0 Å². The van der Waals surface area contributed by atoms with Crippen LogP contribution in [-0.2, 0) is 23.9 Å². The lowest BCUT2D eigenvalue weighted by molar-refractivity contribution is -0.205. The molecule has 0 aromatic carbocycles. The first kappa shape index (κ1) is 26.1. The van der Waals surface area contributed by atoms with E-state index in [1.807, 2.05) is 6.92 Å². The summed E-state index contributed by atoms with van der Waals surface area (Å²) >= 11 is 0. The first-order chi connectivity index (χ1) is 16.1. The highest BCUT2D eigenvalue weighted by Gasteiger charge is 2.76. The fraction of sp³-hybridized carbons (Fsp3) is 0.750. The van der Waals surface area contributed by atoms with Crippen LogP contribution in [0.4, 0.5) is 0 Å². The number of hydrogen-bond acceptors (Lipinski definition) is 7. The Morgan fingerprint density at radius 1 is 1.14 bits per heavy atom. The van der Waals surface area contributed by atoms with E-state index in [0.29, 0.717) is 5.57 Å². The smallest absolute Gasteiger partial charge is 0.309 e. The minimum absolute atomic E-state index is 0.0549. The molecule has 0 aromatic heterocycles. The summed E-state index contributed by atoms with van der Waals surface area (Å²) in [7, 11) is 0. The van der Waals surface area contributed by atoms with E-state index in [1.54, 1.807) is 46.8 Å². The Bertz CT molecular complexity index is 1000. The van der Waals surface area contributed by atoms with Crippen LogP contribution in [0.15, 0.2) is 23.3 Å². The third-order valence-electron chi connectivity index (χ3n) is 9.27. The highest BCUT2D eigenvalue weighted by atomic mass is 16.6. The van der Waals surface area contributed by atoms with Crippen molar-refractivity contribution < 1.29 is 34.1 Å². The molecular formula is C28H40O7. The van der Waals surface area contributed by atoms with Gasteiger partial charge in [-0.05, 0) is 47.7 Å². The quantitative estimate of drug-likeness (QED) is 0.452. The van der Waals surface area contributed by atoms with Crippen LogP contribution in [0.25, 0.3) is 0 Å². The first-order valence-electron chi connectivity index (χ1n) is 12.8. The lowest BCUT2D eigenvalue weighted by Gasteiger charge is -2.49. The highest BCUT2D eigenvalue weighted by molar-refractivity contribution is 5.95. The molecule has 0 amide bonds. The summed E-state index contributed by atoms with van der Waals surface area (Å²) in [5, 5.41) is 24.3. The van der Waals surface area contributed by atoms with Gasteiger partial charge < -0.3 is 19.7 Å². The summed E-state index contributed by atoms with van der Waals surface area (Å²) in [5.41, 5.74) is -2.75. The number of ketones is 1. The monoisotopic (exact) mass is 488 g/mol. The number of aliphatic hydroxyl groups is 2. The van der Waals surface area contributed by atoms with Crippen molar-refractivity contribution in [3.63, 3.8) is 0 Å². The minimum Gasteiger partial charge on any atom is -0.461 e. The third kappa shape index (κ3) is 3.48. The van der Waals surface area contributed by atoms with Crippen molar-refractivity contribution in [1.82, 2.24) is 0 Å². The average molecular weight is 489 g/mol. The largest absolute Gasteiger partial charge is 0.461 e. The molecule has 2 N–H and O–H groups in total. The molecule has 2 bridgehead atoms. The van der Waals surface area contributed by atoms with E-state index >= 15 is 0 Å². The number of rotatable bonds is 5. The first-order valence-corrected chi connectivity index (χ1v) is 12.8. The molecule has 7 nitrogen and oxygen atoms in total. The lowest BCUT2D eigenvalue weighted by Crippen LogP contribution is -2.66. The number of ether oxygens (including phenoxy) is 2. The molecule has 1 spiro atoms. The second-order valence-electron chi connectivity index (χ2n) is 12.4. The van der Waals surface area contributed by atoms with Gasteiger partial charge in [0.25, 0.3) is 0 Å². The van der Waals surface area contributed by atoms with Crippen molar-refractivity contribution in [1.29, 1.82) is 0 Å². The summed E-state index contributed by atoms with van der Waals surface area (Å²) in [6.45, 7) is 14.6. The summed E-state index contributed by atoms with van der Waals surface area (Å²) in [4.78, 5) is 39.3. The molecule has 35 heavy (non-hydrogen) atoms. The van der Waals surface area contributed by atoms with E-state index in [-0.39, 0.29) is 47.0 Å². The summed E-state index contributed by atoms with van der Waals surface area (Å²) in [6, 6.07) is 0. The third-order valence-corrected chi connectivity index (χ3v) is 9.27. The van der Waals surface area contributed by atoms with Crippen molar-refractivity contribution in [2.45, 2.75) is 79.6 Å². The van der Waals surface area contributed by atoms with E-state index < -0.39 is 47.0 Å². The molecule has 0 heterocycles. The van der Waals surface area contributed by atoms with Gasteiger partial charge in [-0.25, -0.2) is 0 Å². The van der Waals surface area contributed by atoms with Crippen LogP contribution in [0, 0.1) is 46.3 Å². The van der Waals surface area contributed by atoms with Gasteiger partial charge in [0.15, 0.2) is 17.5 Å². The molecular weight excluding hydrogens is 448 g/mol. The number of aliphatic hydroxyl groups excluding tert-OH is 1. The zero-order valence-electron chi connectivity index (χ0n) is 22.1. The predicted octanol–water partition coefficient (Wildman–Crippen LogP) is 3.23. The van der Waals surface area contributed by atoms with Gasteiger partial charge in [-0.2, -0.15) is 0 Å². The van der Waals surface area contributed by atoms with Crippen molar-refractivity contribution in [2.75, 3.05) is 6.61 Å². The zero-order valence-corrected chi connectivity index (χ0v) is 22.1. The summed E-state index contributed by atoms with van der Waals surface area (Å²) < 4.78 is 11.3. The van der Waals surface area contributed by atoms with E-state index in [0.717, 1.165) is 6.42 Å².